The number of aryl methyl sites for hydroxylation is 1. The van der Waals surface area contributed by atoms with Crippen molar-refractivity contribution in [1.29, 1.82) is 5.26 Å². The van der Waals surface area contributed by atoms with Crippen LogP contribution in [0.1, 0.15) is 22.5 Å². The molecule has 0 saturated heterocycles. The second-order valence-corrected chi connectivity index (χ2v) is 4.35. The van der Waals surface area contributed by atoms with Crippen LogP contribution in [0, 0.1) is 18.3 Å². The molecule has 3 rings (SSSR count). The van der Waals surface area contributed by atoms with Gasteiger partial charge in [0.1, 0.15) is 6.07 Å². The quantitative estimate of drug-likeness (QED) is 0.744. The van der Waals surface area contributed by atoms with Crippen LogP contribution in [0.15, 0.2) is 23.0 Å². The molecular formula is C13H10N6O. The minimum absolute atomic E-state index is 0.400. The fraction of sp³-hybridized carbons (Fsp3) is 0.154. The van der Waals surface area contributed by atoms with Gasteiger partial charge in [-0.25, -0.2) is 9.61 Å². The lowest BCUT2D eigenvalue weighted by molar-refractivity contribution is 0.315. The van der Waals surface area contributed by atoms with Gasteiger partial charge in [-0.2, -0.15) is 5.26 Å². The molecule has 0 spiro atoms. The minimum atomic E-state index is 0.400. The molecule has 7 heteroatoms. The van der Waals surface area contributed by atoms with Gasteiger partial charge in [0.05, 0.1) is 11.3 Å². The van der Waals surface area contributed by atoms with E-state index in [9.17, 15) is 0 Å². The van der Waals surface area contributed by atoms with Crippen LogP contribution in [0.25, 0.3) is 11.2 Å². The summed E-state index contributed by atoms with van der Waals surface area (Å²) in [6, 6.07) is 5.55. The molecule has 7 nitrogen and oxygen atoms in total. The van der Waals surface area contributed by atoms with Crippen LogP contribution in [-0.2, 0) is 6.42 Å². The largest absolute Gasteiger partial charge is 0.396 e. The van der Waals surface area contributed by atoms with Crippen LogP contribution in [-0.4, -0.2) is 20.3 Å². The second-order valence-electron chi connectivity index (χ2n) is 4.35. The van der Waals surface area contributed by atoms with E-state index in [0.29, 0.717) is 28.8 Å². The van der Waals surface area contributed by atoms with Gasteiger partial charge < -0.3 is 5.73 Å². The summed E-state index contributed by atoms with van der Waals surface area (Å²) in [5, 5.41) is 16.2. The van der Waals surface area contributed by atoms with Gasteiger partial charge in [-0.15, -0.1) is 0 Å². The first-order chi connectivity index (χ1) is 9.69. The van der Waals surface area contributed by atoms with Crippen LogP contribution in [0.3, 0.4) is 0 Å². The maximum atomic E-state index is 8.76. The molecule has 0 bridgehead atoms. The molecule has 0 saturated carbocycles. The Labute approximate surface area is 114 Å². The van der Waals surface area contributed by atoms with E-state index in [2.05, 4.69) is 24.9 Å². The number of hydrogen-bond donors (Lipinski definition) is 1. The van der Waals surface area contributed by atoms with E-state index < -0.39 is 0 Å². The lowest BCUT2D eigenvalue weighted by Crippen LogP contribution is -2.03. The lowest BCUT2D eigenvalue weighted by Gasteiger charge is -2.08. The van der Waals surface area contributed by atoms with E-state index >= 15 is 0 Å². The first-order valence-corrected chi connectivity index (χ1v) is 5.91. The Morgan fingerprint density at radius 2 is 2.20 bits per heavy atom. The molecule has 0 radical (unpaired) electrons. The number of anilines is 1. The second kappa shape index (κ2) is 4.59. The van der Waals surface area contributed by atoms with Crippen molar-refractivity contribution in [3.8, 4) is 6.07 Å². The smallest absolute Gasteiger partial charge is 0.226 e. The van der Waals surface area contributed by atoms with Gasteiger partial charge in [-0.1, -0.05) is 0 Å². The molecule has 0 atom stereocenters. The summed E-state index contributed by atoms with van der Waals surface area (Å²) in [6.45, 7) is 1.85. The van der Waals surface area contributed by atoms with Crippen molar-refractivity contribution in [2.75, 3.05) is 5.73 Å². The molecule has 0 fully saturated rings. The Hall–Kier alpha value is -3.01. The Morgan fingerprint density at radius 3 is 2.90 bits per heavy atom. The Bertz CT molecular complexity index is 815. The zero-order valence-corrected chi connectivity index (χ0v) is 10.7. The summed E-state index contributed by atoms with van der Waals surface area (Å²) in [7, 11) is 0. The predicted molar refractivity (Wildman–Crippen MR) is 70.5 cm³/mol. The molecular weight excluding hydrogens is 256 g/mol. The van der Waals surface area contributed by atoms with Gasteiger partial charge in [0.2, 0.25) is 5.65 Å². The van der Waals surface area contributed by atoms with Crippen molar-refractivity contribution in [3.05, 3.63) is 40.8 Å². The van der Waals surface area contributed by atoms with E-state index in [-0.39, 0.29) is 0 Å². The van der Waals surface area contributed by atoms with Gasteiger partial charge in [-0.05, 0) is 29.4 Å². The molecule has 2 N–H and O–H groups in total. The summed E-state index contributed by atoms with van der Waals surface area (Å²) in [4.78, 5) is 8.53. The normalized spacial score (nSPS) is 10.6. The van der Waals surface area contributed by atoms with Crippen LogP contribution in [0.5, 0.6) is 0 Å². The first kappa shape index (κ1) is 12.0. The van der Waals surface area contributed by atoms with E-state index in [1.54, 1.807) is 12.1 Å². The molecule has 3 heterocycles. The minimum Gasteiger partial charge on any atom is -0.396 e. The van der Waals surface area contributed by atoms with Gasteiger partial charge in [0, 0.05) is 29.6 Å². The summed E-state index contributed by atoms with van der Waals surface area (Å²) in [6.07, 6.45) is 2.05. The van der Waals surface area contributed by atoms with Crippen LogP contribution < -0.4 is 5.73 Å². The maximum Gasteiger partial charge on any atom is 0.226 e. The van der Waals surface area contributed by atoms with E-state index in [4.69, 9.17) is 11.0 Å². The summed E-state index contributed by atoms with van der Waals surface area (Å²) in [5.74, 6) is 0. The van der Waals surface area contributed by atoms with Crippen LogP contribution in [0.4, 0.5) is 5.69 Å². The highest BCUT2D eigenvalue weighted by Crippen LogP contribution is 2.25. The van der Waals surface area contributed by atoms with Crippen molar-refractivity contribution in [3.63, 3.8) is 0 Å². The Morgan fingerprint density at radius 1 is 1.35 bits per heavy atom. The highest BCUT2D eigenvalue weighted by Gasteiger charge is 2.15. The molecule has 0 aliphatic heterocycles. The van der Waals surface area contributed by atoms with E-state index in [1.807, 2.05) is 13.0 Å². The number of rotatable bonds is 2. The average molecular weight is 266 g/mol. The van der Waals surface area contributed by atoms with Crippen molar-refractivity contribution < 1.29 is 4.63 Å². The van der Waals surface area contributed by atoms with Gasteiger partial charge in [-0.3, -0.25) is 4.98 Å². The molecule has 3 aromatic heterocycles. The number of pyridine rings is 2. The summed E-state index contributed by atoms with van der Waals surface area (Å²) in [5.41, 5.74) is 10.4. The molecule has 0 aliphatic rings. The SMILES string of the molecule is Cc1nc2nonc2c(N)c1Cc1ccc(C#N)cn1. The zero-order valence-electron chi connectivity index (χ0n) is 10.7. The van der Waals surface area contributed by atoms with Crippen molar-refractivity contribution in [1.82, 2.24) is 20.3 Å². The van der Waals surface area contributed by atoms with Crippen molar-refractivity contribution >= 4 is 16.9 Å². The molecule has 0 amide bonds. The number of hydrogen-bond acceptors (Lipinski definition) is 7. The summed E-state index contributed by atoms with van der Waals surface area (Å²) >= 11 is 0. The number of nitrogens with zero attached hydrogens (tertiary/aromatic N) is 5. The third-order valence-corrected chi connectivity index (χ3v) is 3.07. The topological polar surface area (TPSA) is 115 Å². The van der Waals surface area contributed by atoms with E-state index in [0.717, 1.165) is 17.0 Å². The standard InChI is InChI=1S/C13H10N6O/c1-7-10(4-9-3-2-8(5-14)6-16-9)11(15)12-13(17-7)19-20-18-12/h2-3,6H,4,15H2,1H3. The number of nitriles is 1. The van der Waals surface area contributed by atoms with Crippen molar-refractivity contribution in [2.45, 2.75) is 13.3 Å². The number of nitrogen functional groups attached to an aromatic ring is 1. The fourth-order valence-corrected chi connectivity index (χ4v) is 1.99. The molecule has 0 aliphatic carbocycles. The van der Waals surface area contributed by atoms with Gasteiger partial charge >= 0.3 is 0 Å². The average Bonchev–Trinajstić information content (AvgIpc) is 2.92. The zero-order chi connectivity index (χ0) is 14.1. The van der Waals surface area contributed by atoms with Gasteiger partial charge in [0.25, 0.3) is 0 Å². The van der Waals surface area contributed by atoms with Crippen molar-refractivity contribution in [2.24, 2.45) is 0 Å². The van der Waals surface area contributed by atoms with Crippen LogP contribution >= 0.6 is 0 Å². The molecule has 3 aromatic rings. The predicted octanol–water partition coefficient (Wildman–Crippen LogP) is 1.37. The molecule has 98 valence electrons. The Balaban J connectivity index is 2.03. The Kier molecular flexibility index (Phi) is 2.76. The maximum absolute atomic E-state index is 8.76. The van der Waals surface area contributed by atoms with E-state index in [1.165, 1.54) is 6.20 Å². The fourth-order valence-electron chi connectivity index (χ4n) is 1.99. The van der Waals surface area contributed by atoms with Gasteiger partial charge in [0.15, 0.2) is 5.52 Å². The lowest BCUT2D eigenvalue weighted by atomic mass is 10.0. The molecule has 0 unspecified atom stereocenters. The third-order valence-electron chi connectivity index (χ3n) is 3.07. The molecule has 20 heavy (non-hydrogen) atoms. The highest BCUT2D eigenvalue weighted by atomic mass is 16.6. The monoisotopic (exact) mass is 266 g/mol. The number of fused-ring (bicyclic) bond motifs is 1. The first-order valence-electron chi connectivity index (χ1n) is 5.91. The van der Waals surface area contributed by atoms with Crippen LogP contribution in [0.2, 0.25) is 0 Å². The molecule has 0 aromatic carbocycles. The number of nitrogens with two attached hydrogens (primary N) is 1. The third kappa shape index (κ3) is 1.93. The number of aromatic nitrogens is 4. The highest BCUT2D eigenvalue weighted by molar-refractivity contribution is 5.85. The summed E-state index contributed by atoms with van der Waals surface area (Å²) < 4.78 is 4.64.